The molecule has 2 rings (SSSR count). The number of methoxy groups -OCH3 is 1. The molecule has 0 radical (unpaired) electrons. The van der Waals surface area contributed by atoms with Gasteiger partial charge in [-0.1, -0.05) is 18.2 Å². The number of carbonyl (C=O) groups excluding carboxylic acids is 1. The quantitative estimate of drug-likeness (QED) is 0.850. The van der Waals surface area contributed by atoms with Crippen molar-refractivity contribution >= 4 is 17.5 Å². The molecule has 21 heavy (non-hydrogen) atoms. The molecule has 0 saturated heterocycles. The van der Waals surface area contributed by atoms with E-state index >= 15 is 0 Å². The van der Waals surface area contributed by atoms with E-state index in [0.717, 1.165) is 17.7 Å². The van der Waals surface area contributed by atoms with Crippen LogP contribution in [0.15, 0.2) is 36.4 Å². The number of hydrogen-bond acceptors (Lipinski definition) is 5. The van der Waals surface area contributed by atoms with Crippen LogP contribution in [0.4, 0.5) is 11.6 Å². The lowest BCUT2D eigenvalue weighted by atomic mass is 10.1. The molecule has 0 saturated carbocycles. The van der Waals surface area contributed by atoms with Crippen LogP contribution < -0.4 is 15.4 Å². The van der Waals surface area contributed by atoms with Gasteiger partial charge in [-0.3, -0.25) is 4.79 Å². The molecule has 1 amide bonds. The highest BCUT2D eigenvalue weighted by Gasteiger charge is 2.02. The van der Waals surface area contributed by atoms with Gasteiger partial charge in [0.2, 0.25) is 5.91 Å². The summed E-state index contributed by atoms with van der Waals surface area (Å²) >= 11 is 0. The predicted molar refractivity (Wildman–Crippen MR) is 81.5 cm³/mol. The molecule has 2 aromatic rings. The normalized spacial score (nSPS) is 10.0. The highest BCUT2D eigenvalue weighted by Crippen LogP contribution is 2.17. The number of aromatic nitrogens is 2. The van der Waals surface area contributed by atoms with Crippen LogP contribution in [-0.2, 0) is 11.2 Å². The van der Waals surface area contributed by atoms with Gasteiger partial charge in [-0.05, 0) is 30.2 Å². The Morgan fingerprint density at radius 1 is 1.14 bits per heavy atom. The topological polar surface area (TPSA) is 76.1 Å². The second-order valence-corrected chi connectivity index (χ2v) is 4.47. The van der Waals surface area contributed by atoms with E-state index in [2.05, 4.69) is 20.8 Å². The number of anilines is 2. The lowest BCUT2D eigenvalue weighted by Gasteiger charge is -2.09. The standard InChI is InChI=1S/C15H18N4O2/c1-11(20)17-15-8-7-14(18-19-15)16-10-9-12-5-3-4-6-13(12)21-2/h3-8H,9-10H2,1-2H3,(H,16,18)(H,17,19,20). The first-order valence-corrected chi connectivity index (χ1v) is 6.66. The fourth-order valence-corrected chi connectivity index (χ4v) is 1.91. The van der Waals surface area contributed by atoms with Crippen molar-refractivity contribution in [3.8, 4) is 5.75 Å². The minimum absolute atomic E-state index is 0.166. The van der Waals surface area contributed by atoms with Gasteiger partial charge in [-0.2, -0.15) is 0 Å². The minimum Gasteiger partial charge on any atom is -0.496 e. The third kappa shape index (κ3) is 4.45. The molecular weight excluding hydrogens is 268 g/mol. The van der Waals surface area contributed by atoms with Gasteiger partial charge in [0.1, 0.15) is 11.6 Å². The number of hydrogen-bond donors (Lipinski definition) is 2. The molecule has 0 aliphatic carbocycles. The number of benzene rings is 1. The van der Waals surface area contributed by atoms with Crippen LogP contribution in [0.2, 0.25) is 0 Å². The van der Waals surface area contributed by atoms with Gasteiger partial charge in [0, 0.05) is 13.5 Å². The summed E-state index contributed by atoms with van der Waals surface area (Å²) in [4.78, 5) is 10.9. The van der Waals surface area contributed by atoms with Crippen LogP contribution in [0.3, 0.4) is 0 Å². The zero-order valence-corrected chi connectivity index (χ0v) is 12.1. The van der Waals surface area contributed by atoms with Crippen LogP contribution in [0.1, 0.15) is 12.5 Å². The average molecular weight is 286 g/mol. The summed E-state index contributed by atoms with van der Waals surface area (Å²) in [5, 5.41) is 13.7. The molecule has 0 fully saturated rings. The summed E-state index contributed by atoms with van der Waals surface area (Å²) < 4.78 is 5.30. The Balaban J connectivity index is 1.87. The lowest BCUT2D eigenvalue weighted by Crippen LogP contribution is -2.10. The number of carbonyl (C=O) groups is 1. The first kappa shape index (κ1) is 14.8. The number of nitrogens with zero attached hydrogens (tertiary/aromatic N) is 2. The molecule has 6 heteroatoms. The first-order chi connectivity index (χ1) is 10.2. The molecule has 1 heterocycles. The summed E-state index contributed by atoms with van der Waals surface area (Å²) in [7, 11) is 1.67. The van der Waals surface area contributed by atoms with Gasteiger partial charge >= 0.3 is 0 Å². The van der Waals surface area contributed by atoms with Crippen molar-refractivity contribution in [2.24, 2.45) is 0 Å². The SMILES string of the molecule is COc1ccccc1CCNc1ccc(NC(C)=O)nn1. The molecule has 1 aromatic carbocycles. The third-order valence-electron chi connectivity index (χ3n) is 2.86. The number of ether oxygens (including phenoxy) is 1. The van der Waals surface area contributed by atoms with E-state index < -0.39 is 0 Å². The maximum atomic E-state index is 10.9. The van der Waals surface area contributed by atoms with Gasteiger partial charge in [0.25, 0.3) is 0 Å². The molecule has 0 atom stereocenters. The van der Waals surface area contributed by atoms with Crippen molar-refractivity contribution in [2.75, 3.05) is 24.3 Å². The molecule has 0 bridgehead atoms. The van der Waals surface area contributed by atoms with Crippen LogP contribution in [0.5, 0.6) is 5.75 Å². The van der Waals surface area contributed by atoms with E-state index in [0.29, 0.717) is 18.2 Å². The monoisotopic (exact) mass is 286 g/mol. The fourth-order valence-electron chi connectivity index (χ4n) is 1.91. The predicted octanol–water partition coefficient (Wildman–Crippen LogP) is 2.10. The summed E-state index contributed by atoms with van der Waals surface area (Å²) in [5.41, 5.74) is 1.13. The molecule has 0 aliphatic heterocycles. The summed E-state index contributed by atoms with van der Waals surface area (Å²) in [6.07, 6.45) is 0.819. The molecule has 0 aliphatic rings. The molecule has 2 N–H and O–H groups in total. The summed E-state index contributed by atoms with van der Waals surface area (Å²) in [6.45, 7) is 2.15. The van der Waals surface area contributed by atoms with Crippen molar-refractivity contribution in [1.82, 2.24) is 10.2 Å². The van der Waals surface area contributed by atoms with Crippen molar-refractivity contribution in [3.05, 3.63) is 42.0 Å². The Morgan fingerprint density at radius 3 is 2.52 bits per heavy atom. The van der Waals surface area contributed by atoms with E-state index in [1.54, 1.807) is 19.2 Å². The van der Waals surface area contributed by atoms with Gasteiger partial charge in [0.05, 0.1) is 7.11 Å². The van der Waals surface area contributed by atoms with E-state index in [-0.39, 0.29) is 5.91 Å². The van der Waals surface area contributed by atoms with E-state index in [1.807, 2.05) is 24.3 Å². The van der Waals surface area contributed by atoms with Gasteiger partial charge in [-0.25, -0.2) is 0 Å². The summed E-state index contributed by atoms with van der Waals surface area (Å²) in [6, 6.07) is 11.4. The highest BCUT2D eigenvalue weighted by molar-refractivity contribution is 5.87. The molecular formula is C15H18N4O2. The zero-order valence-electron chi connectivity index (χ0n) is 12.1. The number of nitrogens with one attached hydrogen (secondary N) is 2. The maximum absolute atomic E-state index is 10.9. The van der Waals surface area contributed by atoms with Gasteiger partial charge in [-0.15, -0.1) is 10.2 Å². The fraction of sp³-hybridized carbons (Fsp3) is 0.267. The van der Waals surface area contributed by atoms with Crippen LogP contribution in [-0.4, -0.2) is 29.8 Å². The molecule has 0 unspecified atom stereocenters. The smallest absolute Gasteiger partial charge is 0.222 e. The van der Waals surface area contributed by atoms with Gasteiger partial charge < -0.3 is 15.4 Å². The lowest BCUT2D eigenvalue weighted by molar-refractivity contribution is -0.114. The van der Waals surface area contributed by atoms with Crippen LogP contribution >= 0.6 is 0 Å². The Morgan fingerprint density at radius 2 is 1.86 bits per heavy atom. The van der Waals surface area contributed by atoms with E-state index in [1.165, 1.54) is 6.92 Å². The van der Waals surface area contributed by atoms with Crippen molar-refractivity contribution in [2.45, 2.75) is 13.3 Å². The molecule has 6 nitrogen and oxygen atoms in total. The Bertz CT molecular complexity index is 599. The number of amides is 1. The van der Waals surface area contributed by atoms with Crippen molar-refractivity contribution in [3.63, 3.8) is 0 Å². The Hall–Kier alpha value is -2.63. The van der Waals surface area contributed by atoms with Crippen molar-refractivity contribution in [1.29, 1.82) is 0 Å². The van der Waals surface area contributed by atoms with Crippen LogP contribution in [0.25, 0.3) is 0 Å². The zero-order chi connectivity index (χ0) is 15.1. The van der Waals surface area contributed by atoms with Crippen molar-refractivity contribution < 1.29 is 9.53 Å². The highest BCUT2D eigenvalue weighted by atomic mass is 16.5. The molecule has 1 aromatic heterocycles. The number of para-hydroxylation sites is 1. The van der Waals surface area contributed by atoms with E-state index in [4.69, 9.17) is 4.74 Å². The number of rotatable bonds is 6. The molecule has 0 spiro atoms. The minimum atomic E-state index is -0.166. The largest absolute Gasteiger partial charge is 0.496 e. The second-order valence-electron chi connectivity index (χ2n) is 4.47. The van der Waals surface area contributed by atoms with Gasteiger partial charge in [0.15, 0.2) is 5.82 Å². The Labute approximate surface area is 123 Å². The van der Waals surface area contributed by atoms with Crippen LogP contribution in [0, 0.1) is 0 Å². The van der Waals surface area contributed by atoms with E-state index in [9.17, 15) is 4.79 Å². The summed E-state index contributed by atoms with van der Waals surface area (Å²) in [5.74, 6) is 1.82. The third-order valence-corrected chi connectivity index (χ3v) is 2.86. The maximum Gasteiger partial charge on any atom is 0.222 e. The average Bonchev–Trinajstić information content (AvgIpc) is 2.49. The first-order valence-electron chi connectivity index (χ1n) is 6.66. The Kier molecular flexibility index (Phi) is 5.09. The molecule has 110 valence electrons. The second kappa shape index (κ2) is 7.23.